The van der Waals surface area contributed by atoms with Crippen LogP contribution in [-0.2, 0) is 12.6 Å². The van der Waals surface area contributed by atoms with E-state index in [1.165, 1.54) is 12.1 Å². The second-order valence-electron chi connectivity index (χ2n) is 6.27. The van der Waals surface area contributed by atoms with Gasteiger partial charge in [-0.15, -0.1) is 10.2 Å². The molecule has 0 bridgehead atoms. The molecule has 4 rings (SSSR count). The first-order valence-electron chi connectivity index (χ1n) is 8.25. The van der Waals surface area contributed by atoms with Gasteiger partial charge in [-0.2, -0.15) is 18.0 Å². The lowest BCUT2D eigenvalue weighted by Crippen LogP contribution is -2.44. The summed E-state index contributed by atoms with van der Waals surface area (Å²) in [7, 11) is 0. The summed E-state index contributed by atoms with van der Waals surface area (Å²) in [6.07, 6.45) is -3.83. The third kappa shape index (κ3) is 3.32. The highest BCUT2D eigenvalue weighted by atomic mass is 19.4. The lowest BCUT2D eigenvalue weighted by atomic mass is 9.98. The zero-order valence-electron chi connectivity index (χ0n) is 13.7. The van der Waals surface area contributed by atoms with Gasteiger partial charge < -0.3 is 5.32 Å². The minimum Gasteiger partial charge on any atom is -0.312 e. The lowest BCUT2D eigenvalue weighted by molar-refractivity contribution is -0.137. The van der Waals surface area contributed by atoms with Crippen LogP contribution in [0.2, 0.25) is 0 Å². The first-order valence-corrected chi connectivity index (χ1v) is 8.25. The zero-order valence-corrected chi connectivity index (χ0v) is 13.7. The highest BCUT2D eigenvalue weighted by Crippen LogP contribution is 2.30. The molecule has 1 saturated heterocycles. The number of aromatic nitrogens is 4. The van der Waals surface area contributed by atoms with Gasteiger partial charge in [-0.3, -0.25) is 0 Å². The van der Waals surface area contributed by atoms with Gasteiger partial charge in [0.15, 0.2) is 0 Å². The van der Waals surface area contributed by atoms with Crippen molar-refractivity contribution in [3.63, 3.8) is 0 Å². The van der Waals surface area contributed by atoms with E-state index in [0.29, 0.717) is 12.2 Å². The summed E-state index contributed by atoms with van der Waals surface area (Å²) >= 11 is 0. The van der Waals surface area contributed by atoms with Gasteiger partial charge in [0.1, 0.15) is 0 Å². The number of tetrazole rings is 1. The molecule has 1 fully saturated rings. The van der Waals surface area contributed by atoms with Gasteiger partial charge >= 0.3 is 6.18 Å². The molecule has 0 saturated carbocycles. The summed E-state index contributed by atoms with van der Waals surface area (Å²) in [5.74, 6) is 0.527. The Morgan fingerprint density at radius 1 is 1.04 bits per heavy atom. The van der Waals surface area contributed by atoms with Crippen molar-refractivity contribution in [3.05, 3.63) is 65.2 Å². The van der Waals surface area contributed by atoms with Crippen LogP contribution in [0.5, 0.6) is 0 Å². The van der Waals surface area contributed by atoms with Crippen molar-refractivity contribution in [3.8, 4) is 11.4 Å². The smallest absolute Gasteiger partial charge is 0.312 e. The summed E-state index contributed by atoms with van der Waals surface area (Å²) in [4.78, 5) is 1.61. The van der Waals surface area contributed by atoms with Crippen LogP contribution in [0.15, 0.2) is 48.5 Å². The summed E-state index contributed by atoms with van der Waals surface area (Å²) in [6, 6.07) is 13.1. The third-order valence-electron chi connectivity index (χ3n) is 4.45. The number of rotatable bonds is 4. The molecule has 0 unspecified atom stereocenters. The monoisotopic (exact) mass is 359 g/mol. The van der Waals surface area contributed by atoms with Crippen LogP contribution in [0.1, 0.15) is 22.7 Å². The predicted octanol–water partition coefficient (Wildman–Crippen LogP) is 3.09. The van der Waals surface area contributed by atoms with Crippen molar-refractivity contribution in [1.29, 1.82) is 0 Å². The lowest BCUT2D eigenvalue weighted by Gasteiger charge is -2.24. The van der Waals surface area contributed by atoms with Gasteiger partial charge in [0.25, 0.3) is 0 Å². The Hall–Kier alpha value is -2.74. The molecule has 2 aromatic carbocycles. The SMILES string of the molecule is FC(F)(F)c1ccc(Cc2ccccc2-c2nnn(C3CNC3)n2)cc1. The Morgan fingerprint density at radius 2 is 1.77 bits per heavy atom. The van der Waals surface area contributed by atoms with Gasteiger partial charge in [-0.25, -0.2) is 0 Å². The normalized spacial score (nSPS) is 15.0. The van der Waals surface area contributed by atoms with E-state index in [4.69, 9.17) is 0 Å². The fraction of sp³-hybridized carbons (Fsp3) is 0.278. The molecular weight excluding hydrogens is 343 g/mol. The van der Waals surface area contributed by atoms with Crippen molar-refractivity contribution in [1.82, 2.24) is 25.5 Å². The number of hydrogen-bond acceptors (Lipinski definition) is 4. The largest absolute Gasteiger partial charge is 0.416 e. The topological polar surface area (TPSA) is 55.6 Å². The van der Waals surface area contributed by atoms with Crippen LogP contribution in [0, 0.1) is 0 Å². The van der Waals surface area contributed by atoms with Crippen molar-refractivity contribution in [2.75, 3.05) is 13.1 Å². The minimum absolute atomic E-state index is 0.221. The second kappa shape index (κ2) is 6.53. The van der Waals surface area contributed by atoms with E-state index in [9.17, 15) is 13.2 Å². The van der Waals surface area contributed by atoms with E-state index in [2.05, 4.69) is 20.7 Å². The third-order valence-corrected chi connectivity index (χ3v) is 4.45. The number of alkyl halides is 3. The van der Waals surface area contributed by atoms with Gasteiger partial charge in [0.2, 0.25) is 5.82 Å². The number of hydrogen-bond donors (Lipinski definition) is 1. The standard InChI is InChI=1S/C18H16F3N5/c19-18(20,21)14-7-5-12(6-8-14)9-13-3-1-2-4-16(13)17-23-25-26(24-17)15-10-22-11-15/h1-8,15,22H,9-11H2. The molecule has 0 atom stereocenters. The molecule has 1 aromatic heterocycles. The van der Waals surface area contributed by atoms with Crippen molar-refractivity contribution >= 4 is 0 Å². The first-order chi connectivity index (χ1) is 12.5. The van der Waals surface area contributed by atoms with Crippen molar-refractivity contribution < 1.29 is 13.2 Å². The Morgan fingerprint density at radius 3 is 2.42 bits per heavy atom. The average Bonchev–Trinajstić information content (AvgIpc) is 3.02. The summed E-state index contributed by atoms with van der Waals surface area (Å²) < 4.78 is 38.1. The Kier molecular flexibility index (Phi) is 4.20. The Balaban J connectivity index is 1.59. The second-order valence-corrected chi connectivity index (χ2v) is 6.27. The fourth-order valence-corrected chi connectivity index (χ4v) is 2.85. The first kappa shape index (κ1) is 16.7. The van der Waals surface area contributed by atoms with Crippen molar-refractivity contribution in [2.45, 2.75) is 18.6 Å². The molecule has 134 valence electrons. The van der Waals surface area contributed by atoms with Crippen LogP contribution in [-0.4, -0.2) is 33.3 Å². The molecule has 26 heavy (non-hydrogen) atoms. The van der Waals surface area contributed by atoms with E-state index in [-0.39, 0.29) is 6.04 Å². The summed E-state index contributed by atoms with van der Waals surface area (Å²) in [6.45, 7) is 1.64. The molecule has 0 amide bonds. The zero-order chi connectivity index (χ0) is 18.1. The maximum Gasteiger partial charge on any atom is 0.416 e. The Labute approximate surface area is 147 Å². The molecule has 3 aromatic rings. The fourth-order valence-electron chi connectivity index (χ4n) is 2.85. The molecule has 1 N–H and O–H groups in total. The Bertz CT molecular complexity index is 898. The maximum atomic E-state index is 12.7. The minimum atomic E-state index is -4.32. The number of nitrogens with one attached hydrogen (secondary N) is 1. The summed E-state index contributed by atoms with van der Waals surface area (Å²) in [5, 5.41) is 15.9. The maximum absolute atomic E-state index is 12.7. The summed E-state index contributed by atoms with van der Waals surface area (Å²) in [5.41, 5.74) is 1.93. The highest BCUT2D eigenvalue weighted by Gasteiger charge is 2.30. The van der Waals surface area contributed by atoms with Crippen molar-refractivity contribution in [2.24, 2.45) is 0 Å². The quantitative estimate of drug-likeness (QED) is 0.778. The van der Waals surface area contributed by atoms with E-state index in [1.807, 2.05) is 24.3 Å². The van der Waals surface area contributed by atoms with Crippen LogP contribution in [0.4, 0.5) is 13.2 Å². The molecule has 2 heterocycles. The average molecular weight is 359 g/mol. The van der Waals surface area contributed by atoms with Gasteiger partial charge in [0.05, 0.1) is 11.6 Å². The molecule has 0 spiro atoms. The molecule has 1 aliphatic heterocycles. The van der Waals surface area contributed by atoms with Gasteiger partial charge in [-0.1, -0.05) is 36.4 Å². The number of benzene rings is 2. The van der Waals surface area contributed by atoms with Gasteiger partial charge in [0, 0.05) is 18.7 Å². The van der Waals surface area contributed by atoms with Gasteiger partial charge in [-0.05, 0) is 34.9 Å². The highest BCUT2D eigenvalue weighted by molar-refractivity contribution is 5.60. The van der Waals surface area contributed by atoms with E-state index >= 15 is 0 Å². The number of halogens is 3. The molecule has 5 nitrogen and oxygen atoms in total. The predicted molar refractivity (Wildman–Crippen MR) is 89.4 cm³/mol. The molecule has 8 heteroatoms. The molecular formula is C18H16F3N5. The van der Waals surface area contributed by atoms with Crippen LogP contribution >= 0.6 is 0 Å². The van der Waals surface area contributed by atoms with E-state index in [0.717, 1.165) is 41.9 Å². The molecule has 1 aliphatic rings. The molecule has 0 radical (unpaired) electrons. The van der Waals surface area contributed by atoms with Crippen LogP contribution < -0.4 is 5.32 Å². The van der Waals surface area contributed by atoms with Crippen LogP contribution in [0.3, 0.4) is 0 Å². The molecule has 0 aliphatic carbocycles. The van der Waals surface area contributed by atoms with E-state index < -0.39 is 11.7 Å². The van der Waals surface area contributed by atoms with Crippen LogP contribution in [0.25, 0.3) is 11.4 Å². The van der Waals surface area contributed by atoms with E-state index in [1.54, 1.807) is 4.80 Å². The number of nitrogens with zero attached hydrogens (tertiary/aromatic N) is 4.